The van der Waals surface area contributed by atoms with E-state index in [1.165, 1.54) is 0 Å². The zero-order valence-corrected chi connectivity index (χ0v) is 14.6. The van der Waals surface area contributed by atoms with Crippen molar-refractivity contribution < 1.29 is 9.53 Å². The first-order valence-electron chi connectivity index (χ1n) is 8.34. The van der Waals surface area contributed by atoms with Crippen molar-refractivity contribution in [1.29, 1.82) is 0 Å². The molecule has 0 unspecified atom stereocenters. The minimum Gasteiger partial charge on any atom is -0.497 e. The van der Waals surface area contributed by atoms with E-state index >= 15 is 0 Å². The van der Waals surface area contributed by atoms with Gasteiger partial charge in [-0.1, -0.05) is 13.8 Å². The summed E-state index contributed by atoms with van der Waals surface area (Å²) in [7, 11) is 1.61. The van der Waals surface area contributed by atoms with Crippen molar-refractivity contribution in [3.63, 3.8) is 0 Å². The first kappa shape index (κ1) is 17.8. The van der Waals surface area contributed by atoms with Gasteiger partial charge in [-0.15, -0.1) is 0 Å². The third-order valence-electron chi connectivity index (χ3n) is 3.68. The lowest BCUT2D eigenvalue weighted by Crippen LogP contribution is -2.25. The lowest BCUT2D eigenvalue weighted by atomic mass is 10.2. The van der Waals surface area contributed by atoms with Crippen LogP contribution in [0.1, 0.15) is 37.2 Å². The van der Waals surface area contributed by atoms with Crippen molar-refractivity contribution in [3.8, 4) is 5.75 Å². The van der Waals surface area contributed by atoms with Gasteiger partial charge in [0.05, 0.1) is 7.11 Å². The third-order valence-corrected chi connectivity index (χ3v) is 3.68. The van der Waals surface area contributed by atoms with Gasteiger partial charge in [0.25, 0.3) is 5.91 Å². The number of carbonyl (C=O) groups is 1. The lowest BCUT2D eigenvalue weighted by Gasteiger charge is -2.23. The molecule has 0 atom stereocenters. The predicted octanol–water partition coefficient (Wildman–Crippen LogP) is 3.97. The van der Waals surface area contributed by atoms with Crippen molar-refractivity contribution in [2.45, 2.75) is 26.7 Å². The molecule has 1 aromatic heterocycles. The molecule has 0 bridgehead atoms. The van der Waals surface area contributed by atoms with E-state index in [2.05, 4.69) is 29.0 Å². The number of anilines is 2. The van der Waals surface area contributed by atoms with Gasteiger partial charge in [-0.2, -0.15) is 0 Å². The number of carbonyl (C=O) groups excluding carboxylic acids is 1. The molecule has 0 fully saturated rings. The SMILES string of the molecule is CCCN(CCC)c1ccnc(C(=O)Nc2ccc(OC)cc2)c1. The largest absolute Gasteiger partial charge is 0.497 e. The second-order valence-corrected chi connectivity index (χ2v) is 5.57. The van der Waals surface area contributed by atoms with Crippen molar-refractivity contribution in [1.82, 2.24) is 4.98 Å². The fraction of sp³-hybridized carbons (Fsp3) is 0.368. The Morgan fingerprint density at radius 1 is 1.12 bits per heavy atom. The van der Waals surface area contributed by atoms with Crippen LogP contribution in [0.4, 0.5) is 11.4 Å². The van der Waals surface area contributed by atoms with E-state index in [1.807, 2.05) is 24.3 Å². The molecule has 0 radical (unpaired) electrons. The minimum atomic E-state index is -0.213. The highest BCUT2D eigenvalue weighted by molar-refractivity contribution is 6.03. The fourth-order valence-electron chi connectivity index (χ4n) is 2.52. The topological polar surface area (TPSA) is 54.5 Å². The number of amides is 1. The van der Waals surface area contributed by atoms with E-state index in [0.29, 0.717) is 11.4 Å². The highest BCUT2D eigenvalue weighted by Gasteiger charge is 2.11. The van der Waals surface area contributed by atoms with Crippen molar-refractivity contribution >= 4 is 17.3 Å². The molecule has 0 spiro atoms. The van der Waals surface area contributed by atoms with Gasteiger partial charge in [-0.05, 0) is 49.2 Å². The Kier molecular flexibility index (Phi) is 6.61. The molecule has 1 heterocycles. The zero-order chi connectivity index (χ0) is 17.4. The molecule has 128 valence electrons. The molecule has 5 heteroatoms. The smallest absolute Gasteiger partial charge is 0.274 e. The van der Waals surface area contributed by atoms with E-state index in [4.69, 9.17) is 4.74 Å². The molecular formula is C19H25N3O2. The van der Waals surface area contributed by atoms with Gasteiger partial charge in [-0.3, -0.25) is 9.78 Å². The highest BCUT2D eigenvalue weighted by atomic mass is 16.5. The zero-order valence-electron chi connectivity index (χ0n) is 14.6. The number of nitrogens with one attached hydrogen (secondary N) is 1. The second-order valence-electron chi connectivity index (χ2n) is 5.57. The average molecular weight is 327 g/mol. The first-order chi connectivity index (χ1) is 11.7. The number of rotatable bonds is 8. The molecule has 0 saturated heterocycles. The van der Waals surface area contributed by atoms with Crippen LogP contribution in [0.3, 0.4) is 0 Å². The standard InChI is InChI=1S/C19H25N3O2/c1-4-12-22(13-5-2)16-10-11-20-18(14-16)19(23)21-15-6-8-17(24-3)9-7-15/h6-11,14H,4-5,12-13H2,1-3H3,(H,21,23). The van der Waals surface area contributed by atoms with Crippen LogP contribution in [0.2, 0.25) is 0 Å². The Morgan fingerprint density at radius 3 is 2.38 bits per heavy atom. The summed E-state index contributed by atoms with van der Waals surface area (Å²) in [6.45, 7) is 6.25. The van der Waals surface area contributed by atoms with Gasteiger partial charge in [-0.25, -0.2) is 0 Å². The normalized spacial score (nSPS) is 10.3. The average Bonchev–Trinajstić information content (AvgIpc) is 2.62. The van der Waals surface area contributed by atoms with Crippen LogP contribution in [0.25, 0.3) is 0 Å². The number of hydrogen-bond acceptors (Lipinski definition) is 4. The van der Waals surface area contributed by atoms with Crippen molar-refractivity contribution in [2.24, 2.45) is 0 Å². The summed E-state index contributed by atoms with van der Waals surface area (Å²) >= 11 is 0. The summed E-state index contributed by atoms with van der Waals surface area (Å²) in [6.07, 6.45) is 3.82. The number of hydrogen-bond donors (Lipinski definition) is 1. The van der Waals surface area contributed by atoms with Crippen LogP contribution < -0.4 is 15.0 Å². The van der Waals surface area contributed by atoms with Gasteiger partial charge in [0.1, 0.15) is 11.4 Å². The molecule has 24 heavy (non-hydrogen) atoms. The summed E-state index contributed by atoms with van der Waals surface area (Å²) < 4.78 is 5.12. The van der Waals surface area contributed by atoms with Crippen LogP contribution in [-0.2, 0) is 0 Å². The molecule has 0 aliphatic rings. The molecule has 2 rings (SSSR count). The second kappa shape index (κ2) is 8.91. The third kappa shape index (κ3) is 4.72. The number of methoxy groups -OCH3 is 1. The number of nitrogens with zero attached hydrogens (tertiary/aromatic N) is 2. The molecule has 5 nitrogen and oxygen atoms in total. The summed E-state index contributed by atoms with van der Waals surface area (Å²) in [5.41, 5.74) is 2.17. The summed E-state index contributed by atoms with van der Waals surface area (Å²) in [6, 6.07) is 11.0. The van der Waals surface area contributed by atoms with Gasteiger partial charge in [0, 0.05) is 30.7 Å². The summed E-state index contributed by atoms with van der Waals surface area (Å²) in [5.74, 6) is 0.540. The molecule has 2 aromatic rings. The summed E-state index contributed by atoms with van der Waals surface area (Å²) in [4.78, 5) is 18.9. The van der Waals surface area contributed by atoms with E-state index in [0.717, 1.165) is 37.4 Å². The number of ether oxygens (including phenoxy) is 1. The molecule has 0 saturated carbocycles. The van der Waals surface area contributed by atoms with Crippen LogP contribution in [0.15, 0.2) is 42.6 Å². The first-order valence-corrected chi connectivity index (χ1v) is 8.34. The minimum absolute atomic E-state index is 0.213. The Hall–Kier alpha value is -2.56. The van der Waals surface area contributed by atoms with Crippen LogP contribution >= 0.6 is 0 Å². The highest BCUT2D eigenvalue weighted by Crippen LogP contribution is 2.18. The van der Waals surface area contributed by atoms with Crippen LogP contribution in [-0.4, -0.2) is 31.1 Å². The maximum Gasteiger partial charge on any atom is 0.274 e. The Bertz CT molecular complexity index is 650. The number of pyridine rings is 1. The maximum atomic E-state index is 12.4. The van der Waals surface area contributed by atoms with E-state index in [9.17, 15) is 4.79 Å². The van der Waals surface area contributed by atoms with Crippen LogP contribution in [0, 0.1) is 0 Å². The quantitative estimate of drug-likeness (QED) is 0.797. The van der Waals surface area contributed by atoms with Gasteiger partial charge < -0.3 is 15.0 Å². The van der Waals surface area contributed by atoms with Gasteiger partial charge in [0.15, 0.2) is 0 Å². The molecule has 1 aromatic carbocycles. The molecule has 1 N–H and O–H groups in total. The monoisotopic (exact) mass is 327 g/mol. The molecule has 0 aliphatic heterocycles. The Labute approximate surface area is 143 Å². The Balaban J connectivity index is 2.12. The Morgan fingerprint density at radius 2 is 1.79 bits per heavy atom. The van der Waals surface area contributed by atoms with E-state index < -0.39 is 0 Å². The van der Waals surface area contributed by atoms with Crippen molar-refractivity contribution in [2.75, 3.05) is 30.4 Å². The van der Waals surface area contributed by atoms with E-state index in [-0.39, 0.29) is 5.91 Å². The molecule has 0 aliphatic carbocycles. The van der Waals surface area contributed by atoms with Crippen molar-refractivity contribution in [3.05, 3.63) is 48.3 Å². The summed E-state index contributed by atoms with van der Waals surface area (Å²) in [5, 5.41) is 2.86. The van der Waals surface area contributed by atoms with Crippen LogP contribution in [0.5, 0.6) is 5.75 Å². The predicted molar refractivity (Wildman–Crippen MR) is 98.0 cm³/mol. The maximum absolute atomic E-state index is 12.4. The van der Waals surface area contributed by atoms with E-state index in [1.54, 1.807) is 25.4 Å². The lowest BCUT2D eigenvalue weighted by molar-refractivity contribution is 0.102. The van der Waals surface area contributed by atoms with Gasteiger partial charge in [0.2, 0.25) is 0 Å². The molecule has 1 amide bonds. The number of benzene rings is 1. The fourth-order valence-corrected chi connectivity index (χ4v) is 2.52. The van der Waals surface area contributed by atoms with Gasteiger partial charge >= 0.3 is 0 Å². The molecular weight excluding hydrogens is 302 g/mol. The number of aromatic nitrogens is 1.